The van der Waals surface area contributed by atoms with E-state index in [1.54, 1.807) is 0 Å². The molecule has 30 heavy (non-hydrogen) atoms. The lowest BCUT2D eigenvalue weighted by molar-refractivity contribution is -0.437. The Morgan fingerprint density at radius 2 is 1.90 bits per heavy atom. The number of hydrogen-bond donors (Lipinski definition) is 1. The molecule has 6 rings (SSSR count). The molecule has 152 valence electrons. The van der Waals surface area contributed by atoms with Gasteiger partial charge in [0.15, 0.2) is 11.5 Å². The Balaban J connectivity index is 1.55. The average molecular weight is 417 g/mol. The van der Waals surface area contributed by atoms with Crippen molar-refractivity contribution >= 4 is 23.6 Å². The molecule has 3 aliphatic rings. The highest BCUT2D eigenvalue weighted by Crippen LogP contribution is 2.48. The van der Waals surface area contributed by atoms with Crippen molar-refractivity contribution in [3.8, 4) is 11.4 Å². The summed E-state index contributed by atoms with van der Waals surface area (Å²) in [5, 5.41) is 2.87. The maximum absolute atomic E-state index is 5.19. The number of hydrogen-bond acceptors (Lipinski definition) is 3. The van der Waals surface area contributed by atoms with Gasteiger partial charge in [-0.1, -0.05) is 49.6 Å². The van der Waals surface area contributed by atoms with Gasteiger partial charge in [-0.2, -0.15) is 9.56 Å². The van der Waals surface area contributed by atoms with Crippen molar-refractivity contribution in [3.63, 3.8) is 0 Å². The summed E-state index contributed by atoms with van der Waals surface area (Å²) in [4.78, 5) is 4.59. The predicted octanol–water partition coefficient (Wildman–Crippen LogP) is 6.16. The third kappa shape index (κ3) is 2.90. The van der Waals surface area contributed by atoms with E-state index in [9.17, 15) is 0 Å². The highest BCUT2D eigenvalue weighted by atomic mass is 32.1. The third-order valence-electron chi connectivity index (χ3n) is 7.20. The van der Waals surface area contributed by atoms with Crippen LogP contribution in [0.2, 0.25) is 0 Å². The molecule has 1 aliphatic carbocycles. The van der Waals surface area contributed by atoms with Gasteiger partial charge in [0.25, 0.3) is 0 Å². The topological polar surface area (TPSA) is 44.8 Å². The first kappa shape index (κ1) is 18.3. The van der Waals surface area contributed by atoms with Crippen LogP contribution < -0.4 is 0 Å². The lowest BCUT2D eigenvalue weighted by Gasteiger charge is -2.27. The van der Waals surface area contributed by atoms with Crippen LogP contribution in [0.15, 0.2) is 47.0 Å². The van der Waals surface area contributed by atoms with E-state index in [0.29, 0.717) is 11.7 Å². The van der Waals surface area contributed by atoms with Gasteiger partial charge in [-0.3, -0.25) is 0 Å². The number of aromatic nitrogens is 2. The lowest BCUT2D eigenvalue weighted by atomic mass is 9.73. The van der Waals surface area contributed by atoms with Crippen molar-refractivity contribution in [1.29, 1.82) is 0 Å². The molecule has 4 nitrogen and oxygen atoms in total. The SMILES string of the molecule is S=c1nc(-c2ccc3c(c2)[N+]2=C(c4ccccc4CCC2)C3C2CCCCC2)[nH]o1. The Morgan fingerprint density at radius 3 is 2.73 bits per heavy atom. The minimum absolute atomic E-state index is 0.251. The predicted molar refractivity (Wildman–Crippen MR) is 120 cm³/mol. The van der Waals surface area contributed by atoms with Crippen LogP contribution in [0.4, 0.5) is 5.69 Å². The fraction of sp³-hybridized carbons (Fsp3) is 0.400. The van der Waals surface area contributed by atoms with Crippen LogP contribution in [-0.2, 0) is 6.42 Å². The monoisotopic (exact) mass is 416 g/mol. The molecule has 0 amide bonds. The Bertz CT molecular complexity index is 1200. The Morgan fingerprint density at radius 1 is 1.03 bits per heavy atom. The van der Waals surface area contributed by atoms with Gasteiger partial charge < -0.3 is 4.52 Å². The van der Waals surface area contributed by atoms with Crippen LogP contribution in [0, 0.1) is 10.8 Å². The second-order valence-electron chi connectivity index (χ2n) is 8.88. The molecule has 2 aliphatic heterocycles. The molecule has 1 unspecified atom stereocenters. The molecule has 3 aromatic rings. The number of nitrogens with one attached hydrogen (secondary N) is 1. The quantitative estimate of drug-likeness (QED) is 0.402. The van der Waals surface area contributed by atoms with Gasteiger partial charge in [0.05, 0.1) is 5.92 Å². The molecule has 0 radical (unpaired) electrons. The molecule has 2 aromatic carbocycles. The molecule has 0 saturated heterocycles. The van der Waals surface area contributed by atoms with Crippen molar-refractivity contribution in [2.45, 2.75) is 50.9 Å². The number of rotatable bonds is 2. The first-order valence-electron chi connectivity index (χ1n) is 11.2. The minimum atomic E-state index is 0.251. The molecule has 1 aromatic heterocycles. The summed E-state index contributed by atoms with van der Waals surface area (Å²) in [7, 11) is 0. The number of H-pyrrole nitrogens is 1. The molecular weight excluding hydrogens is 390 g/mol. The summed E-state index contributed by atoms with van der Waals surface area (Å²) < 4.78 is 7.80. The Hall–Kier alpha value is -2.53. The van der Waals surface area contributed by atoms with Crippen LogP contribution in [0.3, 0.4) is 0 Å². The van der Waals surface area contributed by atoms with Gasteiger partial charge in [-0.05, 0) is 49.0 Å². The fourth-order valence-electron chi connectivity index (χ4n) is 5.90. The Kier molecular flexibility index (Phi) is 4.45. The van der Waals surface area contributed by atoms with E-state index in [1.165, 1.54) is 66.6 Å². The van der Waals surface area contributed by atoms with Gasteiger partial charge in [-0.15, -0.1) is 0 Å². The second-order valence-corrected chi connectivity index (χ2v) is 9.23. The van der Waals surface area contributed by atoms with Gasteiger partial charge >= 0.3 is 4.84 Å². The van der Waals surface area contributed by atoms with E-state index in [2.05, 4.69) is 57.2 Å². The summed E-state index contributed by atoms with van der Waals surface area (Å²) in [5.74, 6) is 1.93. The molecule has 0 spiro atoms. The minimum Gasteiger partial charge on any atom is -0.348 e. The first-order valence-corrected chi connectivity index (χ1v) is 11.6. The normalized spacial score (nSPS) is 21.1. The Labute approximate surface area is 181 Å². The summed E-state index contributed by atoms with van der Waals surface area (Å²) >= 11 is 5.07. The summed E-state index contributed by atoms with van der Waals surface area (Å²) in [5.41, 5.74) is 8.37. The summed E-state index contributed by atoms with van der Waals surface area (Å²) in [6.07, 6.45) is 9.10. The maximum Gasteiger partial charge on any atom is 0.314 e. The van der Waals surface area contributed by atoms with Crippen molar-refractivity contribution in [2.75, 3.05) is 6.54 Å². The van der Waals surface area contributed by atoms with Crippen LogP contribution in [0.25, 0.3) is 11.4 Å². The molecule has 3 heterocycles. The molecule has 1 N–H and O–H groups in total. The van der Waals surface area contributed by atoms with E-state index in [0.717, 1.165) is 24.4 Å². The molecular formula is C25H26N3OS+. The molecule has 1 fully saturated rings. The van der Waals surface area contributed by atoms with Gasteiger partial charge in [0.2, 0.25) is 5.69 Å². The highest BCUT2D eigenvalue weighted by molar-refractivity contribution is 7.71. The van der Waals surface area contributed by atoms with Gasteiger partial charge in [-0.25, -0.2) is 5.16 Å². The number of benzene rings is 2. The number of aryl methyl sites for hydroxylation is 1. The van der Waals surface area contributed by atoms with E-state index in [-0.39, 0.29) is 4.84 Å². The highest BCUT2D eigenvalue weighted by Gasteiger charge is 2.45. The largest absolute Gasteiger partial charge is 0.348 e. The standard InChI is InChI=1S/C25H25N3OS/c30-25-26-24(27-29-25)18-12-13-20-21(15-18)28-14-6-10-16-7-4-5-11-19(16)23(28)22(20)17-8-2-1-3-9-17/h4-5,7,11-13,15,17,22H,1-3,6,8-10,14H2/p+1. The van der Waals surface area contributed by atoms with E-state index in [1.807, 2.05) is 0 Å². The summed E-state index contributed by atoms with van der Waals surface area (Å²) in [6.45, 7) is 1.07. The van der Waals surface area contributed by atoms with Crippen molar-refractivity contribution in [3.05, 3.63) is 64.0 Å². The van der Waals surface area contributed by atoms with E-state index < -0.39 is 0 Å². The maximum atomic E-state index is 5.19. The van der Waals surface area contributed by atoms with Crippen molar-refractivity contribution < 1.29 is 9.10 Å². The van der Waals surface area contributed by atoms with Crippen molar-refractivity contribution in [2.24, 2.45) is 5.92 Å². The lowest BCUT2D eigenvalue weighted by Crippen LogP contribution is -2.25. The zero-order valence-corrected chi connectivity index (χ0v) is 17.9. The second kappa shape index (κ2) is 7.31. The van der Waals surface area contributed by atoms with Crippen LogP contribution in [0.1, 0.15) is 61.1 Å². The van der Waals surface area contributed by atoms with Gasteiger partial charge in [0.1, 0.15) is 6.54 Å². The molecule has 1 saturated carbocycles. The number of nitrogens with zero attached hydrogens (tertiary/aromatic N) is 2. The third-order valence-corrected chi connectivity index (χ3v) is 7.37. The zero-order chi connectivity index (χ0) is 20.1. The molecule has 5 heteroatoms. The van der Waals surface area contributed by atoms with Crippen LogP contribution in [0.5, 0.6) is 0 Å². The van der Waals surface area contributed by atoms with E-state index >= 15 is 0 Å². The zero-order valence-electron chi connectivity index (χ0n) is 17.1. The molecule has 0 bridgehead atoms. The molecule has 1 atom stereocenters. The number of fused-ring (bicyclic) bond motifs is 4. The van der Waals surface area contributed by atoms with Crippen LogP contribution >= 0.6 is 12.2 Å². The average Bonchev–Trinajstić information content (AvgIpc) is 3.30. The summed E-state index contributed by atoms with van der Waals surface area (Å²) in [6, 6.07) is 15.9. The van der Waals surface area contributed by atoms with Gasteiger partial charge in [0, 0.05) is 29.2 Å². The van der Waals surface area contributed by atoms with Crippen LogP contribution in [-0.4, -0.2) is 27.0 Å². The van der Waals surface area contributed by atoms with Crippen molar-refractivity contribution in [1.82, 2.24) is 10.1 Å². The van der Waals surface area contributed by atoms with E-state index in [4.69, 9.17) is 16.7 Å². The number of aromatic amines is 1. The smallest absolute Gasteiger partial charge is 0.314 e. The first-order chi connectivity index (χ1) is 14.8. The fourth-order valence-corrected chi connectivity index (χ4v) is 6.03.